The van der Waals surface area contributed by atoms with E-state index in [2.05, 4.69) is 24.0 Å². The number of methoxy groups -OCH3 is 1. The number of carbonyl (C=O) groups excluding carboxylic acids is 1. The van der Waals surface area contributed by atoms with E-state index in [9.17, 15) is 9.90 Å². The summed E-state index contributed by atoms with van der Waals surface area (Å²) < 4.78 is 4.98. The molecule has 1 saturated carbocycles. The van der Waals surface area contributed by atoms with Crippen molar-refractivity contribution in [2.75, 3.05) is 7.11 Å². The molecule has 1 saturated heterocycles. The van der Waals surface area contributed by atoms with Gasteiger partial charge in [-0.2, -0.15) is 0 Å². The van der Waals surface area contributed by atoms with Crippen LogP contribution in [0.15, 0.2) is 30.3 Å². The summed E-state index contributed by atoms with van der Waals surface area (Å²) in [7, 11) is 1.44. The number of fused-ring (bicyclic) bond motifs is 2. The van der Waals surface area contributed by atoms with Crippen LogP contribution in [0.2, 0.25) is 0 Å². The molecule has 2 bridgehead atoms. The van der Waals surface area contributed by atoms with Crippen molar-refractivity contribution in [1.82, 2.24) is 4.90 Å². The zero-order valence-corrected chi connectivity index (χ0v) is 11.9. The molecule has 2 aliphatic rings. The topological polar surface area (TPSA) is 49.8 Å². The lowest BCUT2D eigenvalue weighted by Crippen LogP contribution is -2.52. The Kier molecular flexibility index (Phi) is 3.52. The molecule has 4 heteroatoms. The van der Waals surface area contributed by atoms with Gasteiger partial charge in [0.05, 0.1) is 13.2 Å². The molecular weight excluding hydrogens is 254 g/mol. The number of piperidine rings is 1. The highest BCUT2D eigenvalue weighted by Gasteiger charge is 2.55. The minimum absolute atomic E-state index is 0.0688. The molecule has 2 fully saturated rings. The van der Waals surface area contributed by atoms with Crippen molar-refractivity contribution in [2.24, 2.45) is 5.92 Å². The van der Waals surface area contributed by atoms with Gasteiger partial charge in [-0.25, -0.2) is 0 Å². The highest BCUT2D eigenvalue weighted by molar-refractivity contribution is 5.77. The molecule has 1 N–H and O–H groups in total. The van der Waals surface area contributed by atoms with Crippen LogP contribution in [0, 0.1) is 5.92 Å². The zero-order chi connectivity index (χ0) is 14.3. The molecule has 1 aromatic rings. The third kappa shape index (κ3) is 2.03. The molecule has 1 aliphatic carbocycles. The summed E-state index contributed by atoms with van der Waals surface area (Å²) in [6.07, 6.45) is 1.27. The molecule has 0 radical (unpaired) electrons. The Hall–Kier alpha value is -1.39. The van der Waals surface area contributed by atoms with Gasteiger partial charge in [0.25, 0.3) is 0 Å². The van der Waals surface area contributed by atoms with Crippen LogP contribution in [-0.2, 0) is 9.53 Å². The highest BCUT2D eigenvalue weighted by Crippen LogP contribution is 2.46. The van der Waals surface area contributed by atoms with Gasteiger partial charge in [0.1, 0.15) is 6.04 Å². The first-order chi connectivity index (χ1) is 9.63. The van der Waals surface area contributed by atoms with Gasteiger partial charge in [0.15, 0.2) is 0 Å². The first kappa shape index (κ1) is 13.6. The fraction of sp³-hybridized carbons (Fsp3) is 0.562. The first-order valence-electron chi connectivity index (χ1n) is 7.21. The van der Waals surface area contributed by atoms with E-state index in [1.807, 2.05) is 18.2 Å². The lowest BCUT2D eigenvalue weighted by molar-refractivity contribution is -0.151. The van der Waals surface area contributed by atoms with Crippen LogP contribution in [0.25, 0.3) is 0 Å². The lowest BCUT2D eigenvalue weighted by Gasteiger charge is -2.40. The minimum Gasteiger partial charge on any atom is -0.468 e. The van der Waals surface area contributed by atoms with E-state index < -0.39 is 0 Å². The predicted molar refractivity (Wildman–Crippen MR) is 75.0 cm³/mol. The number of aliphatic hydroxyl groups is 1. The predicted octanol–water partition coefficient (Wildman–Crippen LogP) is 1.74. The summed E-state index contributed by atoms with van der Waals surface area (Å²) in [5.74, 6) is 0.0424. The van der Waals surface area contributed by atoms with Crippen molar-refractivity contribution < 1.29 is 14.6 Å². The summed E-state index contributed by atoms with van der Waals surface area (Å²) in [4.78, 5) is 14.3. The third-order valence-electron chi connectivity index (χ3n) is 4.86. The largest absolute Gasteiger partial charge is 0.468 e. The van der Waals surface area contributed by atoms with Crippen molar-refractivity contribution >= 4 is 5.97 Å². The minimum atomic E-state index is -0.327. The Morgan fingerprint density at radius 2 is 2.05 bits per heavy atom. The van der Waals surface area contributed by atoms with Crippen LogP contribution in [0.4, 0.5) is 0 Å². The van der Waals surface area contributed by atoms with Gasteiger partial charge >= 0.3 is 5.97 Å². The van der Waals surface area contributed by atoms with E-state index >= 15 is 0 Å². The summed E-state index contributed by atoms with van der Waals surface area (Å²) in [5, 5.41) is 10.2. The van der Waals surface area contributed by atoms with E-state index in [0.29, 0.717) is 6.42 Å². The maximum Gasteiger partial charge on any atom is 0.323 e. The van der Waals surface area contributed by atoms with Crippen LogP contribution < -0.4 is 0 Å². The SMILES string of the molecule is COC(=O)[C@@H]1C2CC([C@H](O)C2)N1[C@H](C)c1ccccc1. The standard InChI is InChI=1S/C16H21NO3/c1-10(11-6-4-3-5-7-11)17-13-8-12(9-14(13)18)15(17)16(19)20-2/h3-7,10,12-15,18H,8-9H2,1-2H3/t10-,12?,13?,14-,15+/m1/s1. The van der Waals surface area contributed by atoms with E-state index in [1.165, 1.54) is 12.7 Å². The number of hydrogen-bond donors (Lipinski definition) is 1. The average molecular weight is 275 g/mol. The van der Waals surface area contributed by atoms with Gasteiger partial charge in [-0.05, 0) is 31.2 Å². The Balaban J connectivity index is 1.91. The Morgan fingerprint density at radius 3 is 2.70 bits per heavy atom. The molecule has 20 heavy (non-hydrogen) atoms. The number of ether oxygens (including phenoxy) is 1. The van der Waals surface area contributed by atoms with Crippen molar-refractivity contribution in [3.63, 3.8) is 0 Å². The van der Waals surface area contributed by atoms with Gasteiger partial charge in [-0.3, -0.25) is 9.69 Å². The third-order valence-corrected chi connectivity index (χ3v) is 4.86. The van der Waals surface area contributed by atoms with Gasteiger partial charge in [0.2, 0.25) is 0 Å². The molecule has 5 atom stereocenters. The van der Waals surface area contributed by atoms with Crippen molar-refractivity contribution in [3.8, 4) is 0 Å². The number of aliphatic hydroxyl groups excluding tert-OH is 1. The summed E-state index contributed by atoms with van der Waals surface area (Å²) >= 11 is 0. The van der Waals surface area contributed by atoms with Crippen molar-refractivity contribution in [3.05, 3.63) is 35.9 Å². The highest BCUT2D eigenvalue weighted by atomic mass is 16.5. The molecule has 108 valence electrons. The van der Waals surface area contributed by atoms with Gasteiger partial charge in [-0.1, -0.05) is 30.3 Å². The van der Waals surface area contributed by atoms with Gasteiger partial charge in [-0.15, -0.1) is 0 Å². The van der Waals surface area contributed by atoms with E-state index in [4.69, 9.17) is 4.74 Å². The normalized spacial score (nSPS) is 34.1. The van der Waals surface area contributed by atoms with Gasteiger partial charge < -0.3 is 9.84 Å². The number of carbonyl (C=O) groups is 1. The molecule has 0 spiro atoms. The molecule has 3 rings (SSSR count). The van der Waals surface area contributed by atoms with Crippen LogP contribution in [-0.4, -0.2) is 41.3 Å². The van der Waals surface area contributed by atoms with Crippen LogP contribution in [0.5, 0.6) is 0 Å². The van der Waals surface area contributed by atoms with E-state index in [0.717, 1.165) is 6.42 Å². The number of nitrogens with zero attached hydrogens (tertiary/aromatic N) is 1. The maximum atomic E-state index is 12.1. The molecule has 1 aliphatic heterocycles. The molecule has 4 nitrogen and oxygen atoms in total. The van der Waals surface area contributed by atoms with E-state index in [-0.39, 0.29) is 36.1 Å². The van der Waals surface area contributed by atoms with E-state index in [1.54, 1.807) is 0 Å². The zero-order valence-electron chi connectivity index (χ0n) is 11.9. The average Bonchev–Trinajstić information content (AvgIpc) is 3.03. The summed E-state index contributed by atoms with van der Waals surface area (Å²) in [5.41, 5.74) is 1.17. The van der Waals surface area contributed by atoms with Crippen molar-refractivity contribution in [2.45, 2.75) is 44.0 Å². The molecule has 1 aromatic carbocycles. The number of esters is 1. The van der Waals surface area contributed by atoms with Gasteiger partial charge in [0, 0.05) is 12.1 Å². The number of rotatable bonds is 3. The Labute approximate surface area is 119 Å². The molecule has 1 heterocycles. The number of likely N-dealkylation sites (tertiary alicyclic amines) is 1. The molecule has 0 amide bonds. The quantitative estimate of drug-likeness (QED) is 0.854. The Bertz CT molecular complexity index is 490. The molecule has 0 aromatic heterocycles. The number of hydrogen-bond acceptors (Lipinski definition) is 4. The second kappa shape index (κ2) is 5.19. The second-order valence-corrected chi connectivity index (χ2v) is 5.87. The fourth-order valence-electron chi connectivity index (χ4n) is 3.93. The molecular formula is C16H21NO3. The monoisotopic (exact) mass is 275 g/mol. The number of benzene rings is 1. The second-order valence-electron chi connectivity index (χ2n) is 5.87. The van der Waals surface area contributed by atoms with Crippen LogP contribution >= 0.6 is 0 Å². The summed E-state index contributed by atoms with van der Waals surface area (Å²) in [6.45, 7) is 2.10. The molecule has 2 unspecified atom stereocenters. The fourth-order valence-corrected chi connectivity index (χ4v) is 3.93. The summed E-state index contributed by atoms with van der Waals surface area (Å²) in [6, 6.07) is 10.1. The smallest absolute Gasteiger partial charge is 0.323 e. The van der Waals surface area contributed by atoms with Crippen molar-refractivity contribution in [1.29, 1.82) is 0 Å². The first-order valence-corrected chi connectivity index (χ1v) is 7.21. The van der Waals surface area contributed by atoms with Crippen LogP contribution in [0.1, 0.15) is 31.4 Å². The lowest BCUT2D eigenvalue weighted by atomic mass is 9.94. The maximum absolute atomic E-state index is 12.1. The Morgan fingerprint density at radius 1 is 1.35 bits per heavy atom. The van der Waals surface area contributed by atoms with Crippen LogP contribution in [0.3, 0.4) is 0 Å².